The minimum atomic E-state index is -0.157. The molecule has 0 atom stereocenters. The summed E-state index contributed by atoms with van der Waals surface area (Å²) in [5, 5.41) is 2.84. The number of methoxy groups -OCH3 is 1. The average molecular weight is 321 g/mol. The van der Waals surface area contributed by atoms with E-state index in [2.05, 4.69) is 26.2 Å². The molecule has 2 rings (SSSR count). The van der Waals surface area contributed by atoms with Crippen molar-refractivity contribution in [2.24, 2.45) is 0 Å². The summed E-state index contributed by atoms with van der Waals surface area (Å²) in [6.07, 6.45) is 3.17. The van der Waals surface area contributed by atoms with Gasteiger partial charge in [0.15, 0.2) is 0 Å². The normalized spacial score (nSPS) is 10.0. The summed E-state index contributed by atoms with van der Waals surface area (Å²) in [5.41, 5.74) is 1.45. The van der Waals surface area contributed by atoms with Crippen molar-refractivity contribution in [3.05, 3.63) is 58.3 Å². The number of carbonyl (C=O) groups is 1. The predicted octanol–water partition coefficient (Wildman–Crippen LogP) is 2.78. The van der Waals surface area contributed by atoms with E-state index in [0.29, 0.717) is 12.1 Å². The molecule has 0 fully saturated rings. The number of hydrogen-bond acceptors (Lipinski definition) is 3. The first-order valence-corrected chi connectivity index (χ1v) is 6.50. The molecule has 0 unspecified atom stereocenters. The van der Waals surface area contributed by atoms with Crippen LogP contribution in [-0.2, 0) is 6.54 Å². The number of rotatable bonds is 4. The largest absolute Gasteiger partial charge is 0.496 e. The van der Waals surface area contributed by atoms with Crippen molar-refractivity contribution >= 4 is 21.8 Å². The predicted molar refractivity (Wildman–Crippen MR) is 76.1 cm³/mol. The summed E-state index contributed by atoms with van der Waals surface area (Å²) in [6, 6.07) is 9.12. The number of benzene rings is 1. The highest BCUT2D eigenvalue weighted by molar-refractivity contribution is 9.10. The smallest absolute Gasteiger partial charge is 0.253 e. The molecule has 19 heavy (non-hydrogen) atoms. The maximum atomic E-state index is 11.9. The third-order valence-corrected chi connectivity index (χ3v) is 3.10. The molecule has 0 bridgehead atoms. The van der Waals surface area contributed by atoms with Crippen molar-refractivity contribution < 1.29 is 9.53 Å². The van der Waals surface area contributed by atoms with Crippen LogP contribution in [0.3, 0.4) is 0 Å². The molecular formula is C14H13BrN2O2. The zero-order chi connectivity index (χ0) is 13.7. The van der Waals surface area contributed by atoms with Crippen molar-refractivity contribution in [3.63, 3.8) is 0 Å². The molecule has 0 saturated carbocycles. The van der Waals surface area contributed by atoms with Gasteiger partial charge in [-0.2, -0.15) is 0 Å². The van der Waals surface area contributed by atoms with E-state index in [4.69, 9.17) is 4.74 Å². The van der Waals surface area contributed by atoms with Gasteiger partial charge in [-0.25, -0.2) is 0 Å². The van der Waals surface area contributed by atoms with E-state index < -0.39 is 0 Å². The van der Waals surface area contributed by atoms with Crippen LogP contribution in [0.25, 0.3) is 0 Å². The van der Waals surface area contributed by atoms with Crippen LogP contribution in [0.4, 0.5) is 0 Å². The first kappa shape index (κ1) is 13.5. The van der Waals surface area contributed by atoms with Crippen molar-refractivity contribution in [3.8, 4) is 5.75 Å². The maximum Gasteiger partial charge on any atom is 0.253 e. The fraction of sp³-hybridized carbons (Fsp3) is 0.143. The van der Waals surface area contributed by atoms with Crippen LogP contribution in [0.15, 0.2) is 47.2 Å². The molecule has 1 aromatic carbocycles. The second kappa shape index (κ2) is 6.33. The molecule has 0 radical (unpaired) electrons. The molecule has 0 aliphatic heterocycles. The van der Waals surface area contributed by atoms with Crippen LogP contribution in [0.2, 0.25) is 0 Å². The Morgan fingerprint density at radius 2 is 2.26 bits per heavy atom. The molecule has 2 aromatic rings. The van der Waals surface area contributed by atoms with Crippen molar-refractivity contribution in [1.29, 1.82) is 0 Å². The van der Waals surface area contributed by atoms with E-state index in [0.717, 1.165) is 15.8 Å². The summed E-state index contributed by atoms with van der Waals surface area (Å²) >= 11 is 3.40. The molecular weight excluding hydrogens is 308 g/mol. The fourth-order valence-electron chi connectivity index (χ4n) is 1.66. The molecule has 4 nitrogen and oxygen atoms in total. The van der Waals surface area contributed by atoms with Gasteiger partial charge in [0.05, 0.1) is 12.7 Å². The summed E-state index contributed by atoms with van der Waals surface area (Å²) in [6.45, 7) is 0.399. The number of carbonyl (C=O) groups excluding carboxylic acids is 1. The Hall–Kier alpha value is -1.88. The third kappa shape index (κ3) is 3.54. The highest BCUT2D eigenvalue weighted by atomic mass is 79.9. The van der Waals surface area contributed by atoms with E-state index in [1.807, 2.05) is 18.2 Å². The maximum absolute atomic E-state index is 11.9. The Bertz CT molecular complexity index is 573. The Kier molecular flexibility index (Phi) is 4.52. The second-order valence-electron chi connectivity index (χ2n) is 3.88. The van der Waals surface area contributed by atoms with Crippen molar-refractivity contribution in [1.82, 2.24) is 10.3 Å². The molecule has 0 aliphatic rings. The lowest BCUT2D eigenvalue weighted by Crippen LogP contribution is -2.23. The van der Waals surface area contributed by atoms with Gasteiger partial charge in [-0.15, -0.1) is 0 Å². The second-order valence-corrected chi connectivity index (χ2v) is 4.80. The zero-order valence-electron chi connectivity index (χ0n) is 10.4. The molecule has 1 heterocycles. The number of hydrogen-bond donors (Lipinski definition) is 1. The molecule has 98 valence electrons. The number of pyridine rings is 1. The topological polar surface area (TPSA) is 51.2 Å². The first-order chi connectivity index (χ1) is 9.20. The van der Waals surface area contributed by atoms with Gasteiger partial charge in [0, 0.05) is 29.0 Å². The SMILES string of the molecule is COc1ccc(Br)cc1CNC(=O)c1cccnc1. The van der Waals surface area contributed by atoms with Crippen molar-refractivity contribution in [2.45, 2.75) is 6.54 Å². The third-order valence-electron chi connectivity index (χ3n) is 2.61. The number of ether oxygens (including phenoxy) is 1. The van der Waals surface area contributed by atoms with Gasteiger partial charge in [0.2, 0.25) is 0 Å². The van der Waals surface area contributed by atoms with Gasteiger partial charge in [-0.05, 0) is 30.3 Å². The summed E-state index contributed by atoms with van der Waals surface area (Å²) in [5.74, 6) is 0.588. The average Bonchev–Trinajstić information content (AvgIpc) is 2.46. The van der Waals surface area contributed by atoms with Crippen molar-refractivity contribution in [2.75, 3.05) is 7.11 Å². The van der Waals surface area contributed by atoms with E-state index in [-0.39, 0.29) is 5.91 Å². The minimum Gasteiger partial charge on any atom is -0.496 e. The highest BCUT2D eigenvalue weighted by Crippen LogP contribution is 2.22. The molecule has 0 spiro atoms. The lowest BCUT2D eigenvalue weighted by atomic mass is 10.2. The fourth-order valence-corrected chi connectivity index (χ4v) is 2.07. The minimum absolute atomic E-state index is 0.157. The van der Waals surface area contributed by atoms with Gasteiger partial charge >= 0.3 is 0 Å². The Morgan fingerprint density at radius 3 is 2.95 bits per heavy atom. The van der Waals surface area contributed by atoms with E-state index in [1.54, 1.807) is 25.4 Å². The number of nitrogens with zero attached hydrogens (tertiary/aromatic N) is 1. The summed E-state index contributed by atoms with van der Waals surface area (Å²) in [7, 11) is 1.61. The van der Waals surface area contributed by atoms with Crippen LogP contribution in [-0.4, -0.2) is 18.0 Å². The highest BCUT2D eigenvalue weighted by Gasteiger charge is 2.08. The number of amides is 1. The molecule has 5 heteroatoms. The monoisotopic (exact) mass is 320 g/mol. The first-order valence-electron chi connectivity index (χ1n) is 5.71. The quantitative estimate of drug-likeness (QED) is 0.942. The van der Waals surface area contributed by atoms with E-state index >= 15 is 0 Å². The van der Waals surface area contributed by atoms with Gasteiger partial charge in [-0.1, -0.05) is 15.9 Å². The Balaban J connectivity index is 2.07. The van der Waals surface area contributed by atoms with Gasteiger partial charge < -0.3 is 10.1 Å². The molecule has 1 N–H and O–H groups in total. The van der Waals surface area contributed by atoms with E-state index in [9.17, 15) is 4.79 Å². The lowest BCUT2D eigenvalue weighted by Gasteiger charge is -2.10. The summed E-state index contributed by atoms with van der Waals surface area (Å²) in [4.78, 5) is 15.8. The number of nitrogens with one attached hydrogen (secondary N) is 1. The molecule has 0 aliphatic carbocycles. The Morgan fingerprint density at radius 1 is 1.42 bits per heavy atom. The van der Waals surface area contributed by atoms with Crippen LogP contribution < -0.4 is 10.1 Å². The van der Waals surface area contributed by atoms with Crippen LogP contribution in [0, 0.1) is 0 Å². The number of aromatic nitrogens is 1. The molecule has 1 aromatic heterocycles. The zero-order valence-corrected chi connectivity index (χ0v) is 12.0. The standard InChI is InChI=1S/C14H13BrN2O2/c1-19-13-5-4-12(15)7-11(13)9-17-14(18)10-3-2-6-16-8-10/h2-8H,9H2,1H3,(H,17,18). The van der Waals surface area contributed by atoms with Gasteiger partial charge in [0.25, 0.3) is 5.91 Å². The molecule has 1 amide bonds. The van der Waals surface area contributed by atoms with E-state index in [1.165, 1.54) is 6.20 Å². The molecule has 0 saturated heterocycles. The van der Waals surface area contributed by atoms with Gasteiger partial charge in [-0.3, -0.25) is 9.78 Å². The van der Waals surface area contributed by atoms with Gasteiger partial charge in [0.1, 0.15) is 5.75 Å². The lowest BCUT2D eigenvalue weighted by molar-refractivity contribution is 0.0950. The van der Waals surface area contributed by atoms with Crippen LogP contribution >= 0.6 is 15.9 Å². The Labute approximate surface area is 119 Å². The summed E-state index contributed by atoms with van der Waals surface area (Å²) < 4.78 is 6.20. The van der Waals surface area contributed by atoms with Crippen LogP contribution in [0.5, 0.6) is 5.75 Å². The number of halogens is 1. The van der Waals surface area contributed by atoms with Crippen LogP contribution in [0.1, 0.15) is 15.9 Å².